The van der Waals surface area contributed by atoms with E-state index in [9.17, 15) is 9.90 Å². The monoisotopic (exact) mass is 249 g/mol. The number of benzene rings is 1. The summed E-state index contributed by atoms with van der Waals surface area (Å²) >= 11 is 0. The summed E-state index contributed by atoms with van der Waals surface area (Å²) in [5.74, 6) is -0.0101. The Hall–Kier alpha value is -1.55. The number of ether oxygens (including phenoxy) is 1. The molecule has 1 atom stereocenters. The second-order valence-electron chi connectivity index (χ2n) is 5.12. The lowest BCUT2D eigenvalue weighted by atomic mass is 9.94. The summed E-state index contributed by atoms with van der Waals surface area (Å²) in [4.78, 5) is 12.2. The number of phenolic OH excluding ortho intramolecular Hbond substituents is 1. The van der Waals surface area contributed by atoms with Crippen LogP contribution in [-0.2, 0) is 4.74 Å². The van der Waals surface area contributed by atoms with E-state index in [0.29, 0.717) is 17.7 Å². The van der Waals surface area contributed by atoms with E-state index >= 15 is 0 Å². The molecule has 1 aromatic rings. The Morgan fingerprint density at radius 1 is 1.50 bits per heavy atom. The van der Waals surface area contributed by atoms with E-state index in [4.69, 9.17) is 4.74 Å². The largest absolute Gasteiger partial charge is 0.508 e. The molecule has 4 heteroatoms. The number of phenols is 1. The third-order valence-corrected chi connectivity index (χ3v) is 3.40. The van der Waals surface area contributed by atoms with Gasteiger partial charge in [0.05, 0.1) is 12.1 Å². The van der Waals surface area contributed by atoms with E-state index < -0.39 is 0 Å². The lowest BCUT2D eigenvalue weighted by Crippen LogP contribution is -2.51. The average Bonchev–Trinajstić information content (AvgIpc) is 2.33. The Morgan fingerprint density at radius 2 is 2.28 bits per heavy atom. The molecule has 0 radical (unpaired) electrons. The zero-order valence-corrected chi connectivity index (χ0v) is 10.8. The van der Waals surface area contributed by atoms with Gasteiger partial charge in [-0.3, -0.25) is 4.79 Å². The summed E-state index contributed by atoms with van der Waals surface area (Å²) in [5.41, 5.74) is 0.810. The molecule has 1 unspecified atom stereocenters. The highest BCUT2D eigenvalue weighted by Gasteiger charge is 2.30. The third-order valence-electron chi connectivity index (χ3n) is 3.40. The zero-order chi connectivity index (χ0) is 13.2. The van der Waals surface area contributed by atoms with Crippen molar-refractivity contribution in [3.05, 3.63) is 29.3 Å². The second kappa shape index (κ2) is 4.98. The third kappa shape index (κ3) is 2.64. The van der Waals surface area contributed by atoms with Gasteiger partial charge in [-0.15, -0.1) is 0 Å². The SMILES string of the molecule is Cc1c(O)cccc1C(=O)NC1(C)CCCOC1. The summed E-state index contributed by atoms with van der Waals surface area (Å²) in [5, 5.41) is 12.6. The molecule has 1 aliphatic rings. The molecule has 0 aromatic heterocycles. The van der Waals surface area contributed by atoms with Gasteiger partial charge >= 0.3 is 0 Å². The van der Waals surface area contributed by atoms with E-state index in [-0.39, 0.29) is 17.2 Å². The fourth-order valence-corrected chi connectivity index (χ4v) is 2.24. The number of aromatic hydroxyl groups is 1. The predicted molar refractivity (Wildman–Crippen MR) is 68.8 cm³/mol. The Balaban J connectivity index is 2.14. The van der Waals surface area contributed by atoms with Crippen LogP contribution < -0.4 is 5.32 Å². The van der Waals surface area contributed by atoms with Gasteiger partial charge in [-0.2, -0.15) is 0 Å². The summed E-state index contributed by atoms with van der Waals surface area (Å²) < 4.78 is 5.41. The minimum absolute atomic E-state index is 0.146. The van der Waals surface area contributed by atoms with Gasteiger partial charge in [0.2, 0.25) is 0 Å². The van der Waals surface area contributed by atoms with Crippen LogP contribution >= 0.6 is 0 Å². The van der Waals surface area contributed by atoms with Crippen molar-refractivity contribution in [1.82, 2.24) is 5.32 Å². The van der Waals surface area contributed by atoms with Crippen molar-refractivity contribution in [2.75, 3.05) is 13.2 Å². The fourth-order valence-electron chi connectivity index (χ4n) is 2.24. The van der Waals surface area contributed by atoms with Gasteiger partial charge in [0.15, 0.2) is 0 Å². The number of carbonyl (C=O) groups excluding carboxylic acids is 1. The molecule has 2 rings (SSSR count). The summed E-state index contributed by atoms with van der Waals surface area (Å²) in [6.07, 6.45) is 1.87. The molecule has 0 spiro atoms. The van der Waals surface area contributed by atoms with Gasteiger partial charge < -0.3 is 15.2 Å². The van der Waals surface area contributed by atoms with Crippen molar-refractivity contribution in [3.8, 4) is 5.75 Å². The van der Waals surface area contributed by atoms with Gasteiger partial charge in [0, 0.05) is 17.7 Å². The Kier molecular flexibility index (Phi) is 3.57. The maximum Gasteiger partial charge on any atom is 0.252 e. The van der Waals surface area contributed by atoms with Crippen molar-refractivity contribution in [2.45, 2.75) is 32.2 Å². The number of nitrogens with one attached hydrogen (secondary N) is 1. The lowest BCUT2D eigenvalue weighted by molar-refractivity contribution is 0.0272. The number of rotatable bonds is 2. The zero-order valence-electron chi connectivity index (χ0n) is 10.8. The lowest BCUT2D eigenvalue weighted by Gasteiger charge is -2.34. The second-order valence-corrected chi connectivity index (χ2v) is 5.12. The number of hydrogen-bond acceptors (Lipinski definition) is 3. The molecule has 1 aromatic carbocycles. The van der Waals surface area contributed by atoms with Crippen LogP contribution in [0.5, 0.6) is 5.75 Å². The maximum absolute atomic E-state index is 12.2. The first-order chi connectivity index (χ1) is 8.52. The summed E-state index contributed by atoms with van der Waals surface area (Å²) in [6.45, 7) is 5.03. The fraction of sp³-hybridized carbons (Fsp3) is 0.500. The van der Waals surface area contributed by atoms with Crippen LogP contribution in [-0.4, -0.2) is 29.8 Å². The van der Waals surface area contributed by atoms with Crippen LogP contribution in [0.15, 0.2) is 18.2 Å². The topological polar surface area (TPSA) is 58.6 Å². The number of carbonyl (C=O) groups is 1. The van der Waals surface area contributed by atoms with E-state index in [1.807, 2.05) is 6.92 Å². The van der Waals surface area contributed by atoms with Gasteiger partial charge in [0.1, 0.15) is 5.75 Å². The first kappa shape index (κ1) is 12.9. The molecule has 4 nitrogen and oxygen atoms in total. The molecule has 18 heavy (non-hydrogen) atoms. The highest BCUT2D eigenvalue weighted by Crippen LogP contribution is 2.22. The van der Waals surface area contributed by atoms with Gasteiger partial charge in [-0.05, 0) is 38.8 Å². The highest BCUT2D eigenvalue weighted by atomic mass is 16.5. The normalized spacial score (nSPS) is 23.7. The number of hydrogen-bond donors (Lipinski definition) is 2. The van der Waals surface area contributed by atoms with E-state index in [2.05, 4.69) is 5.32 Å². The minimum atomic E-state index is -0.312. The van der Waals surface area contributed by atoms with Crippen molar-refractivity contribution in [2.24, 2.45) is 0 Å². The molecular weight excluding hydrogens is 230 g/mol. The van der Waals surface area contributed by atoms with Crippen molar-refractivity contribution in [3.63, 3.8) is 0 Å². The van der Waals surface area contributed by atoms with Crippen LogP contribution in [0.25, 0.3) is 0 Å². The molecule has 1 fully saturated rings. The van der Waals surface area contributed by atoms with Gasteiger partial charge in [0.25, 0.3) is 5.91 Å². The molecule has 1 aliphatic heterocycles. The summed E-state index contributed by atoms with van der Waals surface area (Å²) in [7, 11) is 0. The average molecular weight is 249 g/mol. The molecule has 1 amide bonds. The Labute approximate surface area is 107 Å². The molecule has 0 saturated carbocycles. The molecule has 98 valence electrons. The van der Waals surface area contributed by atoms with Gasteiger partial charge in [-0.1, -0.05) is 6.07 Å². The van der Waals surface area contributed by atoms with Crippen molar-refractivity contribution < 1.29 is 14.6 Å². The first-order valence-corrected chi connectivity index (χ1v) is 6.21. The van der Waals surface area contributed by atoms with E-state index in [0.717, 1.165) is 19.4 Å². The molecule has 0 bridgehead atoms. The van der Waals surface area contributed by atoms with Crippen LogP contribution in [0, 0.1) is 6.92 Å². The Bertz CT molecular complexity index is 450. The van der Waals surface area contributed by atoms with E-state index in [1.54, 1.807) is 25.1 Å². The van der Waals surface area contributed by atoms with E-state index in [1.165, 1.54) is 0 Å². The van der Waals surface area contributed by atoms with Crippen LogP contribution in [0.1, 0.15) is 35.7 Å². The summed E-state index contributed by atoms with van der Waals surface area (Å²) in [6, 6.07) is 4.98. The molecule has 1 heterocycles. The maximum atomic E-state index is 12.2. The quantitative estimate of drug-likeness (QED) is 0.842. The molecule has 2 N–H and O–H groups in total. The van der Waals surface area contributed by atoms with Gasteiger partial charge in [-0.25, -0.2) is 0 Å². The predicted octanol–water partition coefficient (Wildman–Crippen LogP) is 2.00. The van der Waals surface area contributed by atoms with Crippen LogP contribution in [0.3, 0.4) is 0 Å². The molecule has 0 aliphatic carbocycles. The molecular formula is C14H19NO3. The van der Waals surface area contributed by atoms with Crippen LogP contribution in [0.4, 0.5) is 0 Å². The standard InChI is InChI=1S/C14H19NO3/c1-10-11(5-3-6-12(10)16)13(17)15-14(2)7-4-8-18-9-14/h3,5-6,16H,4,7-9H2,1-2H3,(H,15,17). The number of amides is 1. The highest BCUT2D eigenvalue weighted by molar-refractivity contribution is 5.96. The minimum Gasteiger partial charge on any atom is -0.508 e. The Morgan fingerprint density at radius 3 is 2.94 bits per heavy atom. The van der Waals surface area contributed by atoms with Crippen molar-refractivity contribution in [1.29, 1.82) is 0 Å². The first-order valence-electron chi connectivity index (χ1n) is 6.21. The smallest absolute Gasteiger partial charge is 0.252 e. The van der Waals surface area contributed by atoms with Crippen molar-refractivity contribution >= 4 is 5.91 Å². The van der Waals surface area contributed by atoms with Crippen LogP contribution in [0.2, 0.25) is 0 Å². The molecule has 1 saturated heterocycles.